The summed E-state index contributed by atoms with van der Waals surface area (Å²) in [4.78, 5) is 13.9. The molecule has 2 aliphatic heterocycles. The van der Waals surface area contributed by atoms with Crippen LogP contribution in [0.1, 0.15) is 16.7 Å². The third kappa shape index (κ3) is 2.52. The van der Waals surface area contributed by atoms with Crippen LogP contribution in [0.5, 0.6) is 11.5 Å². The first-order chi connectivity index (χ1) is 12.2. The van der Waals surface area contributed by atoms with E-state index in [1.54, 1.807) is 19.1 Å². The quantitative estimate of drug-likeness (QED) is 0.860. The minimum atomic E-state index is -0.282. The molecule has 0 aliphatic carbocycles. The summed E-state index contributed by atoms with van der Waals surface area (Å²) < 4.78 is 16.3. The summed E-state index contributed by atoms with van der Waals surface area (Å²) in [7, 11) is 3.26. The molecule has 25 heavy (non-hydrogen) atoms. The maximum Gasteiger partial charge on any atom is 0.414 e. The van der Waals surface area contributed by atoms with Crippen LogP contribution in [0.4, 0.5) is 4.79 Å². The fraction of sp³-hybridized carbons (Fsp3) is 0.250. The molecule has 2 aromatic rings. The van der Waals surface area contributed by atoms with Crippen LogP contribution in [0.15, 0.2) is 48.2 Å². The molecule has 128 valence electrons. The van der Waals surface area contributed by atoms with Crippen molar-refractivity contribution in [2.45, 2.75) is 6.42 Å². The zero-order valence-electron chi connectivity index (χ0n) is 14.2. The largest absolute Gasteiger partial charge is 0.493 e. The molecule has 0 spiro atoms. The van der Waals surface area contributed by atoms with E-state index < -0.39 is 0 Å². The Morgan fingerprint density at radius 1 is 1.04 bits per heavy atom. The van der Waals surface area contributed by atoms with Crippen LogP contribution < -0.4 is 9.47 Å². The maximum atomic E-state index is 12.2. The fourth-order valence-corrected chi connectivity index (χ4v) is 3.50. The van der Waals surface area contributed by atoms with Crippen molar-refractivity contribution in [2.75, 3.05) is 27.4 Å². The van der Waals surface area contributed by atoms with E-state index in [1.165, 1.54) is 0 Å². The molecule has 1 fully saturated rings. The Balaban J connectivity index is 1.99. The number of carbonyl (C=O) groups is 1. The molecule has 2 aromatic carbocycles. The number of carbonyl (C=O) groups excluding carboxylic acids is 1. The Kier molecular flexibility index (Phi) is 3.84. The number of methoxy groups -OCH3 is 2. The van der Waals surface area contributed by atoms with Gasteiger partial charge in [0.15, 0.2) is 11.5 Å². The zero-order valence-corrected chi connectivity index (χ0v) is 14.2. The molecule has 5 nitrogen and oxygen atoms in total. The van der Waals surface area contributed by atoms with Gasteiger partial charge in [-0.05, 0) is 35.2 Å². The average Bonchev–Trinajstić information content (AvgIpc) is 2.93. The van der Waals surface area contributed by atoms with Gasteiger partial charge in [0.2, 0.25) is 0 Å². The number of ether oxygens (including phenoxy) is 3. The molecule has 0 saturated carbocycles. The van der Waals surface area contributed by atoms with E-state index in [2.05, 4.69) is 12.1 Å². The number of cyclic esters (lactones) is 1. The first kappa shape index (κ1) is 15.6. The van der Waals surface area contributed by atoms with Gasteiger partial charge in [0, 0.05) is 12.1 Å². The molecule has 1 amide bonds. The van der Waals surface area contributed by atoms with Crippen LogP contribution in [-0.2, 0) is 11.2 Å². The second-order valence-electron chi connectivity index (χ2n) is 6.01. The van der Waals surface area contributed by atoms with Crippen LogP contribution in [0.2, 0.25) is 0 Å². The predicted octanol–water partition coefficient (Wildman–Crippen LogP) is 3.47. The number of fused-ring (bicyclic) bond motifs is 2. The lowest BCUT2D eigenvalue weighted by Crippen LogP contribution is -2.24. The number of rotatable bonds is 3. The van der Waals surface area contributed by atoms with Gasteiger partial charge < -0.3 is 14.2 Å². The third-order valence-corrected chi connectivity index (χ3v) is 4.71. The zero-order chi connectivity index (χ0) is 17.4. The molecular weight excluding hydrogens is 318 g/mol. The fourth-order valence-electron chi connectivity index (χ4n) is 3.50. The summed E-state index contributed by atoms with van der Waals surface area (Å²) in [6.45, 7) is 0.879. The van der Waals surface area contributed by atoms with E-state index in [4.69, 9.17) is 14.2 Å². The Bertz CT molecular complexity index is 857. The maximum absolute atomic E-state index is 12.2. The monoisotopic (exact) mass is 337 g/mol. The summed E-state index contributed by atoms with van der Waals surface area (Å²) in [5.74, 6) is 1.37. The van der Waals surface area contributed by atoms with Gasteiger partial charge >= 0.3 is 6.09 Å². The molecule has 0 bridgehead atoms. The molecule has 0 atom stereocenters. The Morgan fingerprint density at radius 3 is 2.48 bits per heavy atom. The van der Waals surface area contributed by atoms with Gasteiger partial charge in [0.1, 0.15) is 6.61 Å². The molecule has 2 heterocycles. The van der Waals surface area contributed by atoms with Crippen molar-refractivity contribution in [3.63, 3.8) is 0 Å². The van der Waals surface area contributed by atoms with Crippen molar-refractivity contribution in [2.24, 2.45) is 0 Å². The molecule has 0 N–H and O–H groups in total. The molecule has 0 unspecified atom stereocenters. The number of benzene rings is 2. The lowest BCUT2D eigenvalue weighted by Gasteiger charge is -2.17. The summed E-state index contributed by atoms with van der Waals surface area (Å²) >= 11 is 0. The van der Waals surface area contributed by atoms with E-state index in [-0.39, 0.29) is 12.7 Å². The summed E-state index contributed by atoms with van der Waals surface area (Å²) in [5, 5.41) is 0. The van der Waals surface area contributed by atoms with Crippen molar-refractivity contribution in [3.05, 3.63) is 64.9 Å². The van der Waals surface area contributed by atoms with Crippen molar-refractivity contribution in [3.8, 4) is 11.5 Å². The van der Waals surface area contributed by atoms with E-state index in [1.807, 2.05) is 30.3 Å². The SMILES string of the molecule is COc1cc2c(cc1OC)C(c1ccccc1)=C1COC(=O)N1CC2. The van der Waals surface area contributed by atoms with Gasteiger partial charge in [-0.2, -0.15) is 0 Å². The van der Waals surface area contributed by atoms with Crippen molar-refractivity contribution in [1.82, 2.24) is 4.90 Å². The van der Waals surface area contributed by atoms with Crippen LogP contribution >= 0.6 is 0 Å². The van der Waals surface area contributed by atoms with E-state index >= 15 is 0 Å². The Labute approximate surface area is 146 Å². The Hall–Kier alpha value is -2.95. The predicted molar refractivity (Wildman–Crippen MR) is 93.8 cm³/mol. The minimum Gasteiger partial charge on any atom is -0.493 e. The standard InChI is InChI=1S/C20H19NO4/c1-23-17-10-14-8-9-21-16(12-25-20(21)22)19(13-6-4-3-5-7-13)15(14)11-18(17)24-2/h3-7,10-11H,8-9,12H2,1-2H3. The van der Waals surface area contributed by atoms with E-state index in [9.17, 15) is 4.79 Å². The molecule has 1 saturated heterocycles. The topological polar surface area (TPSA) is 48.0 Å². The number of hydrogen-bond donors (Lipinski definition) is 0. The van der Waals surface area contributed by atoms with Gasteiger partial charge in [-0.15, -0.1) is 0 Å². The number of hydrogen-bond acceptors (Lipinski definition) is 4. The highest BCUT2D eigenvalue weighted by atomic mass is 16.6. The van der Waals surface area contributed by atoms with Gasteiger partial charge in [-0.25, -0.2) is 4.79 Å². The van der Waals surface area contributed by atoms with Crippen molar-refractivity contribution < 1.29 is 19.0 Å². The van der Waals surface area contributed by atoms with Crippen molar-refractivity contribution >= 4 is 11.7 Å². The molecule has 0 aromatic heterocycles. The molecule has 4 rings (SSSR count). The highest BCUT2D eigenvalue weighted by molar-refractivity contribution is 5.89. The highest BCUT2D eigenvalue weighted by Gasteiger charge is 2.34. The van der Waals surface area contributed by atoms with Crippen LogP contribution in [0.3, 0.4) is 0 Å². The first-order valence-corrected chi connectivity index (χ1v) is 8.21. The Morgan fingerprint density at radius 2 is 1.76 bits per heavy atom. The average molecular weight is 337 g/mol. The second-order valence-corrected chi connectivity index (χ2v) is 6.01. The van der Waals surface area contributed by atoms with Crippen LogP contribution in [0.25, 0.3) is 5.57 Å². The summed E-state index contributed by atoms with van der Waals surface area (Å²) in [6, 6.07) is 14.1. The van der Waals surface area contributed by atoms with Crippen molar-refractivity contribution in [1.29, 1.82) is 0 Å². The molecule has 0 radical (unpaired) electrons. The third-order valence-electron chi connectivity index (χ3n) is 4.71. The molecular formula is C20H19NO4. The van der Waals surface area contributed by atoms with Gasteiger partial charge in [0.05, 0.1) is 19.9 Å². The lowest BCUT2D eigenvalue weighted by atomic mass is 9.91. The molecule has 2 aliphatic rings. The van der Waals surface area contributed by atoms with Crippen LogP contribution in [0, 0.1) is 0 Å². The second kappa shape index (κ2) is 6.16. The lowest BCUT2D eigenvalue weighted by molar-refractivity contribution is 0.159. The van der Waals surface area contributed by atoms with Gasteiger partial charge in [0.25, 0.3) is 0 Å². The number of nitrogens with zero attached hydrogens (tertiary/aromatic N) is 1. The summed E-state index contributed by atoms with van der Waals surface area (Å²) in [6.07, 6.45) is 0.445. The smallest absolute Gasteiger partial charge is 0.414 e. The first-order valence-electron chi connectivity index (χ1n) is 8.21. The molecule has 5 heteroatoms. The normalized spacial score (nSPS) is 16.1. The van der Waals surface area contributed by atoms with Crippen LogP contribution in [-0.4, -0.2) is 38.4 Å². The van der Waals surface area contributed by atoms with Gasteiger partial charge in [-0.1, -0.05) is 30.3 Å². The number of amides is 1. The van der Waals surface area contributed by atoms with E-state index in [0.717, 1.165) is 34.4 Å². The van der Waals surface area contributed by atoms with Gasteiger partial charge in [-0.3, -0.25) is 4.90 Å². The summed E-state index contributed by atoms with van der Waals surface area (Å²) in [5.41, 5.74) is 5.16. The minimum absolute atomic E-state index is 0.282. The van der Waals surface area contributed by atoms with E-state index in [0.29, 0.717) is 18.0 Å². The highest BCUT2D eigenvalue weighted by Crippen LogP contribution is 2.41.